The number of hydrogen-bond donors (Lipinski definition) is 2. The maximum Gasteiger partial charge on any atom is 0.333 e. The molecule has 152 valence electrons. The summed E-state index contributed by atoms with van der Waals surface area (Å²) < 4.78 is 10.6. The molecule has 0 aromatic heterocycles. The summed E-state index contributed by atoms with van der Waals surface area (Å²) in [5.74, 6) is -2.30. The van der Waals surface area contributed by atoms with Crippen LogP contribution in [0.1, 0.15) is 46.0 Å². The molecule has 0 aromatic carbocycles. The molecule has 0 spiro atoms. The Morgan fingerprint density at radius 2 is 2.07 bits per heavy atom. The maximum atomic E-state index is 13.1. The van der Waals surface area contributed by atoms with E-state index < -0.39 is 34.5 Å². The van der Waals surface area contributed by atoms with Gasteiger partial charge in [0.05, 0.1) is 12.7 Å². The monoisotopic (exact) mass is 390 g/mol. The molecule has 2 N–H and O–H groups in total. The van der Waals surface area contributed by atoms with Gasteiger partial charge < -0.3 is 19.7 Å². The lowest BCUT2D eigenvalue weighted by molar-refractivity contribution is -0.224. The van der Waals surface area contributed by atoms with E-state index in [4.69, 9.17) is 14.6 Å². The summed E-state index contributed by atoms with van der Waals surface area (Å²) in [7, 11) is 1.31. The van der Waals surface area contributed by atoms with Crippen LogP contribution >= 0.6 is 0 Å². The second-order valence-electron chi connectivity index (χ2n) is 8.11. The molecule has 3 rings (SSSR count). The Bertz CT molecular complexity index is 808. The van der Waals surface area contributed by atoms with Crippen LogP contribution in [-0.2, 0) is 23.9 Å². The van der Waals surface area contributed by atoms with Crippen LogP contribution in [0.25, 0.3) is 0 Å². The molecule has 2 bridgehead atoms. The van der Waals surface area contributed by atoms with Crippen LogP contribution in [0.4, 0.5) is 0 Å². The molecule has 7 heteroatoms. The summed E-state index contributed by atoms with van der Waals surface area (Å²) in [6.45, 7) is 3.21. The second kappa shape index (κ2) is 6.88. The average Bonchev–Trinajstić information content (AvgIpc) is 2.77. The van der Waals surface area contributed by atoms with E-state index >= 15 is 0 Å². The number of carboxylic acid groups (broad SMARTS) is 1. The van der Waals surface area contributed by atoms with Gasteiger partial charge in [0.25, 0.3) is 0 Å². The first-order valence-electron chi connectivity index (χ1n) is 9.42. The number of allylic oxidation sites excluding steroid dienone is 3. The lowest BCUT2D eigenvalue weighted by Gasteiger charge is -2.52. The summed E-state index contributed by atoms with van der Waals surface area (Å²) in [6, 6.07) is 0. The summed E-state index contributed by atoms with van der Waals surface area (Å²) in [5, 5.41) is 20.7. The summed E-state index contributed by atoms with van der Waals surface area (Å²) >= 11 is 0. The Hall–Kier alpha value is -2.41. The number of carbonyl (C=O) groups excluding carboxylic acids is 2. The smallest absolute Gasteiger partial charge is 0.333 e. The van der Waals surface area contributed by atoms with Crippen molar-refractivity contribution in [2.45, 2.75) is 57.2 Å². The van der Waals surface area contributed by atoms with E-state index in [0.717, 1.165) is 0 Å². The van der Waals surface area contributed by atoms with Gasteiger partial charge in [0.15, 0.2) is 0 Å². The van der Waals surface area contributed by atoms with Crippen molar-refractivity contribution in [3.63, 3.8) is 0 Å². The van der Waals surface area contributed by atoms with Crippen molar-refractivity contribution in [1.82, 2.24) is 0 Å². The van der Waals surface area contributed by atoms with Gasteiger partial charge in [-0.05, 0) is 52.0 Å². The van der Waals surface area contributed by atoms with Crippen molar-refractivity contribution in [2.75, 3.05) is 7.11 Å². The third-order valence-corrected chi connectivity index (χ3v) is 6.69. The number of methoxy groups -OCH3 is 1. The van der Waals surface area contributed by atoms with E-state index in [1.807, 2.05) is 0 Å². The molecule has 2 fully saturated rings. The highest BCUT2D eigenvalue weighted by Crippen LogP contribution is 2.63. The fourth-order valence-corrected chi connectivity index (χ4v) is 5.01. The van der Waals surface area contributed by atoms with Gasteiger partial charge in [-0.2, -0.15) is 0 Å². The molecule has 0 amide bonds. The van der Waals surface area contributed by atoms with Crippen molar-refractivity contribution in [1.29, 1.82) is 0 Å². The molecule has 1 saturated carbocycles. The van der Waals surface area contributed by atoms with E-state index in [0.29, 0.717) is 24.8 Å². The molecule has 1 aliphatic heterocycles. The Labute approximate surface area is 163 Å². The Balaban J connectivity index is 1.95. The highest BCUT2D eigenvalue weighted by molar-refractivity contribution is 5.89. The zero-order chi connectivity index (χ0) is 20.7. The van der Waals surface area contributed by atoms with Crippen LogP contribution in [0.3, 0.4) is 0 Å². The van der Waals surface area contributed by atoms with Crippen LogP contribution in [0.15, 0.2) is 35.5 Å². The van der Waals surface area contributed by atoms with Gasteiger partial charge in [-0.1, -0.05) is 18.2 Å². The zero-order valence-corrected chi connectivity index (χ0v) is 16.4. The lowest BCUT2D eigenvalue weighted by atomic mass is 9.62. The number of aliphatic carboxylic acids is 1. The Morgan fingerprint density at radius 3 is 2.71 bits per heavy atom. The molecular formula is C21H26O7. The van der Waals surface area contributed by atoms with Crippen LogP contribution in [-0.4, -0.2) is 46.4 Å². The van der Waals surface area contributed by atoms with E-state index in [9.17, 15) is 19.5 Å². The third kappa shape index (κ3) is 2.89. The maximum absolute atomic E-state index is 13.1. The molecule has 7 nitrogen and oxygen atoms in total. The molecule has 0 radical (unpaired) electrons. The second-order valence-corrected chi connectivity index (χ2v) is 8.11. The molecule has 2 unspecified atom stereocenters. The zero-order valence-electron chi connectivity index (χ0n) is 16.4. The predicted molar refractivity (Wildman–Crippen MR) is 99.1 cm³/mol. The van der Waals surface area contributed by atoms with Crippen molar-refractivity contribution < 1.29 is 34.1 Å². The Morgan fingerprint density at radius 1 is 1.36 bits per heavy atom. The summed E-state index contributed by atoms with van der Waals surface area (Å²) in [4.78, 5) is 36.0. The van der Waals surface area contributed by atoms with Crippen molar-refractivity contribution in [3.8, 4) is 0 Å². The van der Waals surface area contributed by atoms with Gasteiger partial charge in [-0.15, -0.1) is 0 Å². The van der Waals surface area contributed by atoms with Crippen molar-refractivity contribution >= 4 is 17.9 Å². The van der Waals surface area contributed by atoms with E-state index in [2.05, 4.69) is 0 Å². The topological polar surface area (TPSA) is 110 Å². The van der Waals surface area contributed by atoms with Crippen LogP contribution in [0.5, 0.6) is 0 Å². The minimum Gasteiger partial charge on any atom is -0.478 e. The number of cyclic esters (lactones) is 1. The summed E-state index contributed by atoms with van der Waals surface area (Å²) in [5.41, 5.74) is -2.80. The average molecular weight is 390 g/mol. The van der Waals surface area contributed by atoms with Gasteiger partial charge in [-0.25, -0.2) is 9.59 Å². The highest BCUT2D eigenvalue weighted by Gasteiger charge is 2.71. The number of hydrogen-bond acceptors (Lipinski definition) is 6. The fourth-order valence-electron chi connectivity index (χ4n) is 5.01. The fraction of sp³-hybridized carbons (Fsp3) is 0.571. The molecule has 1 heterocycles. The molecule has 4 atom stereocenters. The number of carboxylic acids is 1. The van der Waals surface area contributed by atoms with Crippen LogP contribution < -0.4 is 0 Å². The van der Waals surface area contributed by atoms with Gasteiger partial charge in [-0.3, -0.25) is 4.79 Å². The van der Waals surface area contributed by atoms with Gasteiger partial charge in [0.2, 0.25) is 0 Å². The van der Waals surface area contributed by atoms with Gasteiger partial charge >= 0.3 is 17.9 Å². The van der Waals surface area contributed by atoms with Crippen LogP contribution in [0, 0.1) is 11.3 Å². The van der Waals surface area contributed by atoms with E-state index in [-0.39, 0.29) is 24.3 Å². The summed E-state index contributed by atoms with van der Waals surface area (Å²) in [6.07, 6.45) is 8.25. The normalized spacial score (nSPS) is 37.7. The minimum atomic E-state index is -1.31. The first-order chi connectivity index (χ1) is 13.1. The first kappa shape index (κ1) is 20.3. The lowest BCUT2D eigenvalue weighted by Crippen LogP contribution is -2.63. The number of esters is 2. The largest absolute Gasteiger partial charge is 0.478 e. The number of rotatable bonds is 4. The minimum absolute atomic E-state index is 0.155. The number of carbonyl (C=O) groups is 3. The first-order valence-corrected chi connectivity index (χ1v) is 9.42. The Kier molecular flexibility index (Phi) is 5.00. The number of ether oxygens (including phenoxy) is 2. The van der Waals surface area contributed by atoms with E-state index in [1.54, 1.807) is 25.2 Å². The SMILES string of the molecule is COC(=O)C1=CCC23CC[C@H](C(C)(/C=C/C=C(\C)C(=O)O)OC2=O)[C@]3(O)CC1. The highest BCUT2D eigenvalue weighted by atomic mass is 16.6. The molecule has 1 saturated heterocycles. The predicted octanol–water partition coefficient (Wildman–Crippen LogP) is 2.30. The van der Waals surface area contributed by atoms with Gasteiger partial charge in [0.1, 0.15) is 11.0 Å². The standard InChI is InChI=1S/C21H26O7/c1-13(16(22)23)5-4-9-19(2)15-8-11-20(18(25)28-19)10-6-14(17(24)27-3)7-12-21(15,20)26/h4-6,9,15,26H,7-8,10-12H2,1-3H3,(H,22,23)/b9-4+,13-5+/t15-,19?,20?,21-/m1/s1. The molecular weight excluding hydrogens is 364 g/mol. The van der Waals surface area contributed by atoms with Crippen LogP contribution in [0.2, 0.25) is 0 Å². The molecule has 28 heavy (non-hydrogen) atoms. The van der Waals surface area contributed by atoms with Crippen molar-refractivity contribution in [3.05, 3.63) is 35.5 Å². The molecule has 2 aliphatic carbocycles. The molecule has 3 aliphatic rings. The van der Waals surface area contributed by atoms with E-state index in [1.165, 1.54) is 20.1 Å². The molecule has 0 aromatic rings. The number of aliphatic hydroxyl groups is 1. The van der Waals surface area contributed by atoms with Gasteiger partial charge in [0, 0.05) is 17.1 Å². The third-order valence-electron chi connectivity index (χ3n) is 6.69. The quantitative estimate of drug-likeness (QED) is 0.430. The van der Waals surface area contributed by atoms with Crippen molar-refractivity contribution in [2.24, 2.45) is 11.3 Å².